The van der Waals surface area contributed by atoms with Crippen LogP contribution in [0.2, 0.25) is 0 Å². The summed E-state index contributed by atoms with van der Waals surface area (Å²) in [6.07, 6.45) is 1.79. The third-order valence-electron chi connectivity index (χ3n) is 3.19. The zero-order valence-electron chi connectivity index (χ0n) is 10.4. The van der Waals surface area contributed by atoms with Gasteiger partial charge in [0.05, 0.1) is 6.10 Å². The summed E-state index contributed by atoms with van der Waals surface area (Å²) in [6.45, 7) is 8.03. The van der Waals surface area contributed by atoms with Crippen molar-refractivity contribution in [2.45, 2.75) is 39.2 Å². The van der Waals surface area contributed by atoms with Crippen LogP contribution in [0.1, 0.15) is 33.1 Å². The molecule has 1 amide bonds. The first-order valence-corrected chi connectivity index (χ1v) is 6.29. The predicted molar refractivity (Wildman–Crippen MR) is 64.1 cm³/mol. The molecule has 0 aromatic carbocycles. The molecule has 2 N–H and O–H groups in total. The fourth-order valence-corrected chi connectivity index (χ4v) is 2.05. The van der Waals surface area contributed by atoms with E-state index in [2.05, 4.69) is 17.1 Å². The number of carbonyl (C=O) groups excluding carboxylic acids is 1. The maximum Gasteiger partial charge on any atom is 0.220 e. The molecule has 1 saturated heterocycles. The molecule has 1 aliphatic rings. The lowest BCUT2D eigenvalue weighted by Gasteiger charge is -2.13. The first-order valence-electron chi connectivity index (χ1n) is 6.29. The molecule has 4 heteroatoms. The minimum absolute atomic E-state index is 0.0656. The molecule has 0 spiro atoms. The second-order valence-corrected chi connectivity index (χ2v) is 4.74. The first-order chi connectivity index (χ1) is 7.61. The van der Waals surface area contributed by atoms with Gasteiger partial charge >= 0.3 is 0 Å². The highest BCUT2D eigenvalue weighted by Crippen LogP contribution is 2.14. The number of nitrogens with one attached hydrogen (secondary N) is 1. The second-order valence-electron chi connectivity index (χ2n) is 4.74. The van der Waals surface area contributed by atoms with Crippen LogP contribution in [0.5, 0.6) is 0 Å². The summed E-state index contributed by atoms with van der Waals surface area (Å²) in [5.41, 5.74) is 0. The highest BCUT2D eigenvalue weighted by atomic mass is 16.3. The number of amides is 1. The van der Waals surface area contributed by atoms with Gasteiger partial charge in [0.15, 0.2) is 0 Å². The summed E-state index contributed by atoms with van der Waals surface area (Å²) in [6, 6.07) is 0. The lowest BCUT2D eigenvalue weighted by atomic mass is 10.1. The molecule has 2 unspecified atom stereocenters. The van der Waals surface area contributed by atoms with Gasteiger partial charge in [0, 0.05) is 19.5 Å². The highest BCUT2D eigenvalue weighted by Gasteiger charge is 2.21. The molecule has 1 fully saturated rings. The molecule has 94 valence electrons. The van der Waals surface area contributed by atoms with Gasteiger partial charge < -0.3 is 15.3 Å². The molecule has 1 aliphatic heterocycles. The molecular formula is C12H24N2O2. The number of nitrogens with zero attached hydrogens (tertiary/aromatic N) is 1. The Labute approximate surface area is 98.0 Å². The van der Waals surface area contributed by atoms with Crippen molar-refractivity contribution in [2.75, 3.05) is 26.2 Å². The number of aliphatic hydroxyl groups is 1. The molecule has 0 aromatic rings. The van der Waals surface area contributed by atoms with Crippen LogP contribution < -0.4 is 5.32 Å². The summed E-state index contributed by atoms with van der Waals surface area (Å²) >= 11 is 0. The van der Waals surface area contributed by atoms with Gasteiger partial charge in [0.25, 0.3) is 0 Å². The fraction of sp³-hybridized carbons (Fsp3) is 0.917. The van der Waals surface area contributed by atoms with E-state index in [1.54, 1.807) is 6.92 Å². The number of rotatable bonds is 6. The molecule has 0 radical (unpaired) electrons. The Hall–Kier alpha value is -0.610. The number of aliphatic hydroxyl groups excluding tert-OH is 1. The molecular weight excluding hydrogens is 204 g/mol. The van der Waals surface area contributed by atoms with E-state index in [9.17, 15) is 4.79 Å². The van der Waals surface area contributed by atoms with Crippen LogP contribution in [0.15, 0.2) is 0 Å². The van der Waals surface area contributed by atoms with E-state index in [-0.39, 0.29) is 12.0 Å². The number of hydrogen-bond acceptors (Lipinski definition) is 3. The predicted octanol–water partition coefficient (Wildman–Crippen LogP) is 0.605. The van der Waals surface area contributed by atoms with Crippen LogP contribution in [0.25, 0.3) is 0 Å². The molecule has 0 aromatic heterocycles. The van der Waals surface area contributed by atoms with Crippen LogP contribution in [-0.4, -0.2) is 48.2 Å². The summed E-state index contributed by atoms with van der Waals surface area (Å²) < 4.78 is 0. The van der Waals surface area contributed by atoms with Gasteiger partial charge in [0.2, 0.25) is 5.91 Å². The Bertz CT molecular complexity index is 219. The SMILES string of the molecule is CCN1CCC(CNC(=O)CCC(C)O)C1. The quantitative estimate of drug-likeness (QED) is 0.700. The minimum Gasteiger partial charge on any atom is -0.393 e. The van der Waals surface area contributed by atoms with Crippen molar-refractivity contribution in [1.29, 1.82) is 0 Å². The Kier molecular flexibility index (Phi) is 5.77. The van der Waals surface area contributed by atoms with E-state index in [4.69, 9.17) is 5.11 Å². The Morgan fingerprint density at radius 2 is 2.38 bits per heavy atom. The number of likely N-dealkylation sites (tertiary alicyclic amines) is 1. The van der Waals surface area contributed by atoms with E-state index >= 15 is 0 Å². The van der Waals surface area contributed by atoms with Crippen molar-refractivity contribution in [2.24, 2.45) is 5.92 Å². The molecule has 16 heavy (non-hydrogen) atoms. The molecule has 0 bridgehead atoms. The van der Waals surface area contributed by atoms with E-state index in [1.165, 1.54) is 6.42 Å². The minimum atomic E-state index is -0.382. The Balaban J connectivity index is 2.08. The summed E-state index contributed by atoms with van der Waals surface area (Å²) in [5, 5.41) is 12.0. The smallest absolute Gasteiger partial charge is 0.220 e. The van der Waals surface area contributed by atoms with Crippen LogP contribution >= 0.6 is 0 Å². The van der Waals surface area contributed by atoms with Gasteiger partial charge in [-0.25, -0.2) is 0 Å². The highest BCUT2D eigenvalue weighted by molar-refractivity contribution is 5.75. The van der Waals surface area contributed by atoms with Crippen molar-refractivity contribution in [3.63, 3.8) is 0 Å². The summed E-state index contributed by atoms with van der Waals surface area (Å²) in [7, 11) is 0. The maximum absolute atomic E-state index is 11.4. The normalized spacial score (nSPS) is 23.3. The zero-order valence-corrected chi connectivity index (χ0v) is 10.4. The van der Waals surface area contributed by atoms with Crippen LogP contribution in [-0.2, 0) is 4.79 Å². The van der Waals surface area contributed by atoms with Crippen LogP contribution in [0, 0.1) is 5.92 Å². The largest absolute Gasteiger partial charge is 0.393 e. The van der Waals surface area contributed by atoms with E-state index in [0.717, 1.165) is 26.2 Å². The third kappa shape index (κ3) is 4.94. The van der Waals surface area contributed by atoms with E-state index in [0.29, 0.717) is 18.8 Å². The number of hydrogen-bond donors (Lipinski definition) is 2. The Morgan fingerprint density at radius 1 is 1.62 bits per heavy atom. The van der Waals surface area contributed by atoms with Gasteiger partial charge in [-0.05, 0) is 38.8 Å². The number of carbonyl (C=O) groups is 1. The van der Waals surface area contributed by atoms with Crippen LogP contribution in [0.3, 0.4) is 0 Å². The van der Waals surface area contributed by atoms with Gasteiger partial charge in [-0.3, -0.25) is 4.79 Å². The van der Waals surface area contributed by atoms with Crippen molar-refractivity contribution < 1.29 is 9.90 Å². The molecule has 2 atom stereocenters. The summed E-state index contributed by atoms with van der Waals surface area (Å²) in [5.74, 6) is 0.672. The van der Waals surface area contributed by atoms with Crippen molar-refractivity contribution in [3.05, 3.63) is 0 Å². The van der Waals surface area contributed by atoms with Crippen LogP contribution in [0.4, 0.5) is 0 Å². The topological polar surface area (TPSA) is 52.6 Å². The molecule has 0 saturated carbocycles. The maximum atomic E-state index is 11.4. The zero-order chi connectivity index (χ0) is 12.0. The van der Waals surface area contributed by atoms with Crippen molar-refractivity contribution in [1.82, 2.24) is 10.2 Å². The van der Waals surface area contributed by atoms with Crippen molar-refractivity contribution in [3.8, 4) is 0 Å². The second kappa shape index (κ2) is 6.86. The standard InChI is InChI=1S/C12H24N2O2/c1-3-14-7-6-11(9-14)8-13-12(16)5-4-10(2)15/h10-11,15H,3-9H2,1-2H3,(H,13,16). The fourth-order valence-electron chi connectivity index (χ4n) is 2.05. The average Bonchev–Trinajstić information content (AvgIpc) is 2.71. The Morgan fingerprint density at radius 3 is 2.94 bits per heavy atom. The average molecular weight is 228 g/mol. The van der Waals surface area contributed by atoms with Crippen molar-refractivity contribution >= 4 is 5.91 Å². The molecule has 0 aliphatic carbocycles. The lowest BCUT2D eigenvalue weighted by Crippen LogP contribution is -2.31. The molecule has 1 heterocycles. The molecule has 1 rings (SSSR count). The van der Waals surface area contributed by atoms with Gasteiger partial charge in [-0.2, -0.15) is 0 Å². The van der Waals surface area contributed by atoms with E-state index < -0.39 is 0 Å². The third-order valence-corrected chi connectivity index (χ3v) is 3.19. The van der Waals surface area contributed by atoms with E-state index in [1.807, 2.05) is 0 Å². The van der Waals surface area contributed by atoms with Gasteiger partial charge in [-0.1, -0.05) is 6.92 Å². The molecule has 4 nitrogen and oxygen atoms in total. The first kappa shape index (κ1) is 13.5. The van der Waals surface area contributed by atoms with Gasteiger partial charge in [0.1, 0.15) is 0 Å². The summed E-state index contributed by atoms with van der Waals surface area (Å²) in [4.78, 5) is 13.8. The monoisotopic (exact) mass is 228 g/mol. The lowest BCUT2D eigenvalue weighted by molar-refractivity contribution is -0.121. The van der Waals surface area contributed by atoms with Gasteiger partial charge in [-0.15, -0.1) is 0 Å².